The van der Waals surface area contributed by atoms with E-state index in [0.29, 0.717) is 5.56 Å². The highest BCUT2D eigenvalue weighted by Gasteiger charge is 2.45. The molecule has 0 bridgehead atoms. The molecular weight excluding hydrogens is 603 g/mol. The Kier molecular flexibility index (Phi) is 8.68. The molecule has 0 aliphatic heterocycles. The van der Waals surface area contributed by atoms with Crippen molar-refractivity contribution in [2.45, 2.75) is 30.7 Å². The number of nitrogens with zero attached hydrogens (tertiary/aromatic N) is 3. The molecule has 4 aromatic rings. The molecule has 2 amide bonds. The van der Waals surface area contributed by atoms with Gasteiger partial charge in [-0.3, -0.25) is 10.3 Å². The number of rotatable bonds is 9. The smallest absolute Gasteiger partial charge is 0.428 e. The summed E-state index contributed by atoms with van der Waals surface area (Å²) in [6.07, 6.45) is -12.6. The number of urea groups is 1. The summed E-state index contributed by atoms with van der Waals surface area (Å²) in [5, 5.41) is 9.62. The quantitative estimate of drug-likeness (QED) is 0.194. The number of pyridine rings is 1. The molecule has 16 heteroatoms. The van der Waals surface area contributed by atoms with Crippen molar-refractivity contribution in [3.05, 3.63) is 99.8 Å². The molecule has 0 radical (unpaired) electrons. The average molecular weight is 620 g/mol. The minimum absolute atomic E-state index is 0.0575. The lowest BCUT2D eigenvalue weighted by molar-refractivity contribution is -0.253. The third-order valence-corrected chi connectivity index (χ3v) is 6.63. The number of carbonyl (C=O) groups excluding carboxylic acids is 1. The number of carbonyl (C=O) groups is 1. The van der Waals surface area contributed by atoms with Crippen LogP contribution in [0.15, 0.2) is 72.9 Å². The van der Waals surface area contributed by atoms with Crippen molar-refractivity contribution < 1.29 is 40.3 Å². The van der Waals surface area contributed by atoms with Crippen LogP contribution in [0.4, 0.5) is 40.7 Å². The Labute approximate surface area is 236 Å². The summed E-state index contributed by atoms with van der Waals surface area (Å²) < 4.78 is 96.4. The van der Waals surface area contributed by atoms with Gasteiger partial charge < -0.3 is 10.1 Å². The topological polar surface area (TPSA) is 89.0 Å². The second-order valence-corrected chi connectivity index (χ2v) is 9.82. The van der Waals surface area contributed by atoms with Crippen LogP contribution in [-0.2, 0) is 18.1 Å². The van der Waals surface area contributed by atoms with Crippen molar-refractivity contribution in [2.24, 2.45) is 0 Å². The van der Waals surface area contributed by atoms with Gasteiger partial charge in [0.25, 0.3) is 0 Å². The second-order valence-electron chi connectivity index (χ2n) is 8.41. The number of hydrogen-bond donors (Lipinski definition) is 2. The molecule has 0 aliphatic carbocycles. The SMILES string of the molecule is O=C(Nc1nnc(C(F)(F)F)s1)N[C@@](Cc1ccccc1)(c1cccc(OC(F)(F)C(F)F)c1)c1ccc(Cl)cn1. The monoisotopic (exact) mass is 619 g/mol. The lowest BCUT2D eigenvalue weighted by Gasteiger charge is -2.35. The molecule has 2 aromatic carbocycles. The molecular formula is C25H17ClF7N5O2S. The zero-order chi connectivity index (χ0) is 29.8. The number of amides is 2. The van der Waals surface area contributed by atoms with E-state index in [1.54, 1.807) is 30.3 Å². The lowest BCUT2D eigenvalue weighted by Crippen LogP contribution is -2.50. The Bertz CT molecular complexity index is 1490. The van der Waals surface area contributed by atoms with Gasteiger partial charge in [0.05, 0.1) is 10.7 Å². The number of hydrogen-bond acceptors (Lipinski definition) is 6. The van der Waals surface area contributed by atoms with E-state index in [9.17, 15) is 35.5 Å². The number of halogens is 8. The first-order valence-corrected chi connectivity index (χ1v) is 12.6. The molecule has 0 fully saturated rings. The van der Waals surface area contributed by atoms with Crippen LogP contribution >= 0.6 is 22.9 Å². The second kappa shape index (κ2) is 11.9. The highest BCUT2D eigenvalue weighted by Crippen LogP contribution is 2.37. The lowest BCUT2D eigenvalue weighted by atomic mass is 9.80. The largest absolute Gasteiger partial charge is 0.461 e. The fraction of sp³-hybridized carbons (Fsp3) is 0.200. The van der Waals surface area contributed by atoms with Gasteiger partial charge in [0.1, 0.15) is 11.3 Å². The van der Waals surface area contributed by atoms with Gasteiger partial charge in [0.15, 0.2) is 0 Å². The summed E-state index contributed by atoms with van der Waals surface area (Å²) in [4.78, 5) is 17.5. The predicted octanol–water partition coefficient (Wildman–Crippen LogP) is 7.15. The molecule has 0 saturated heterocycles. The van der Waals surface area contributed by atoms with Crippen LogP contribution < -0.4 is 15.4 Å². The summed E-state index contributed by atoms with van der Waals surface area (Å²) >= 11 is 6.08. The van der Waals surface area contributed by atoms with E-state index < -0.39 is 46.2 Å². The Morgan fingerprint density at radius 2 is 1.71 bits per heavy atom. The molecule has 2 heterocycles. The maximum Gasteiger partial charge on any atom is 0.461 e. The fourth-order valence-corrected chi connectivity index (χ4v) is 4.51. The number of anilines is 1. The Balaban J connectivity index is 1.82. The van der Waals surface area contributed by atoms with Gasteiger partial charge >= 0.3 is 24.7 Å². The van der Waals surface area contributed by atoms with Crippen molar-refractivity contribution in [3.8, 4) is 5.75 Å². The zero-order valence-electron chi connectivity index (χ0n) is 20.3. The van der Waals surface area contributed by atoms with E-state index in [4.69, 9.17) is 11.6 Å². The van der Waals surface area contributed by atoms with Crippen LogP contribution in [0.5, 0.6) is 5.75 Å². The first-order valence-electron chi connectivity index (χ1n) is 11.4. The standard InChI is InChI=1S/C25H17ClF7N5O2S/c26-16-9-10-18(34-13-16)23(12-14-5-2-1-3-6-14,15-7-4-8-17(11-15)40-25(32,33)19(27)28)36-21(39)35-22-38-37-20(41-22)24(29,30)31/h1-11,13,19H,12H2,(H2,35,36,38,39)/t23-/m0/s1. The number of ether oxygens (including phenoxy) is 1. The van der Waals surface area contributed by atoms with E-state index in [2.05, 4.69) is 30.6 Å². The van der Waals surface area contributed by atoms with Gasteiger partial charge in [-0.2, -0.15) is 30.7 Å². The zero-order valence-corrected chi connectivity index (χ0v) is 21.9. The molecule has 0 unspecified atom stereocenters. The number of benzene rings is 2. The Morgan fingerprint density at radius 3 is 2.32 bits per heavy atom. The Hall–Kier alpha value is -3.98. The van der Waals surface area contributed by atoms with Gasteiger partial charge in [-0.1, -0.05) is 65.4 Å². The molecule has 0 spiro atoms. The molecule has 7 nitrogen and oxygen atoms in total. The van der Waals surface area contributed by atoms with E-state index in [1.807, 2.05) is 0 Å². The normalized spacial score (nSPS) is 13.5. The van der Waals surface area contributed by atoms with Gasteiger partial charge in [0, 0.05) is 12.6 Å². The van der Waals surface area contributed by atoms with E-state index >= 15 is 0 Å². The minimum atomic E-state index is -4.82. The first kappa shape index (κ1) is 30.0. The van der Waals surface area contributed by atoms with Crippen LogP contribution in [0, 0.1) is 0 Å². The maximum absolute atomic E-state index is 13.7. The summed E-state index contributed by atoms with van der Waals surface area (Å²) in [5.74, 6) is -0.652. The first-order chi connectivity index (χ1) is 19.3. The van der Waals surface area contributed by atoms with Crippen molar-refractivity contribution in [2.75, 3.05) is 5.32 Å². The van der Waals surface area contributed by atoms with Gasteiger partial charge in [0.2, 0.25) is 10.1 Å². The molecule has 4 rings (SSSR count). The summed E-state index contributed by atoms with van der Waals surface area (Å²) in [7, 11) is 0. The molecule has 41 heavy (non-hydrogen) atoms. The highest BCUT2D eigenvalue weighted by atomic mass is 35.5. The summed E-state index contributed by atoms with van der Waals surface area (Å²) in [5.41, 5.74) is -0.953. The number of nitrogens with one attached hydrogen (secondary N) is 2. The van der Waals surface area contributed by atoms with E-state index in [1.165, 1.54) is 30.5 Å². The van der Waals surface area contributed by atoms with Crippen LogP contribution in [0.3, 0.4) is 0 Å². The molecule has 216 valence electrons. The van der Waals surface area contributed by atoms with Crippen molar-refractivity contribution in [3.63, 3.8) is 0 Å². The van der Waals surface area contributed by atoms with Crippen molar-refractivity contribution >= 4 is 34.1 Å². The molecule has 1 atom stereocenters. The minimum Gasteiger partial charge on any atom is -0.428 e. The van der Waals surface area contributed by atoms with Crippen LogP contribution in [0.25, 0.3) is 0 Å². The number of aromatic nitrogens is 3. The van der Waals surface area contributed by atoms with Crippen LogP contribution in [-0.4, -0.2) is 33.7 Å². The van der Waals surface area contributed by atoms with Gasteiger partial charge in [-0.25, -0.2) is 4.79 Å². The average Bonchev–Trinajstić information content (AvgIpc) is 3.38. The summed E-state index contributed by atoms with van der Waals surface area (Å²) in [6.45, 7) is 0. The molecule has 2 N–H and O–H groups in total. The third kappa shape index (κ3) is 7.21. The van der Waals surface area contributed by atoms with Gasteiger partial charge in [-0.05, 0) is 35.4 Å². The Morgan fingerprint density at radius 1 is 0.976 bits per heavy atom. The van der Waals surface area contributed by atoms with Crippen LogP contribution in [0.1, 0.15) is 21.8 Å². The van der Waals surface area contributed by atoms with Gasteiger partial charge in [-0.15, -0.1) is 10.2 Å². The van der Waals surface area contributed by atoms with E-state index in [-0.39, 0.29) is 34.0 Å². The predicted molar refractivity (Wildman–Crippen MR) is 135 cm³/mol. The van der Waals surface area contributed by atoms with Crippen molar-refractivity contribution in [1.29, 1.82) is 0 Å². The molecule has 0 aliphatic rings. The highest BCUT2D eigenvalue weighted by molar-refractivity contribution is 7.15. The maximum atomic E-state index is 13.7. The number of alkyl halides is 7. The third-order valence-electron chi connectivity index (χ3n) is 5.53. The van der Waals surface area contributed by atoms with Crippen LogP contribution in [0.2, 0.25) is 5.02 Å². The summed E-state index contributed by atoms with van der Waals surface area (Å²) in [6, 6.07) is 15.0. The molecule has 0 saturated carbocycles. The van der Waals surface area contributed by atoms with Crippen molar-refractivity contribution in [1.82, 2.24) is 20.5 Å². The fourth-order valence-electron chi connectivity index (χ4n) is 3.79. The van der Waals surface area contributed by atoms with E-state index in [0.717, 1.165) is 12.1 Å². The molecule has 2 aromatic heterocycles.